The van der Waals surface area contributed by atoms with E-state index in [0.29, 0.717) is 0 Å². The third kappa shape index (κ3) is 2.51. The molecule has 1 heterocycles. The maximum Gasteiger partial charge on any atom is 0.237 e. The molecule has 1 fully saturated rings. The zero-order valence-corrected chi connectivity index (χ0v) is 13.7. The van der Waals surface area contributed by atoms with Crippen molar-refractivity contribution in [1.82, 2.24) is 0 Å². The molecule has 1 saturated heterocycles. The van der Waals surface area contributed by atoms with Crippen molar-refractivity contribution in [1.29, 1.82) is 0 Å². The minimum atomic E-state index is -0.291. The second-order valence-electron chi connectivity index (χ2n) is 5.19. The smallest absolute Gasteiger partial charge is 0.237 e. The Morgan fingerprint density at radius 2 is 1.77 bits per heavy atom. The molecule has 2 aromatic carbocycles. The van der Waals surface area contributed by atoms with Crippen LogP contribution < -0.4 is 9.64 Å². The molecule has 0 saturated carbocycles. The van der Waals surface area contributed by atoms with E-state index in [2.05, 4.69) is 15.9 Å². The summed E-state index contributed by atoms with van der Waals surface area (Å²) in [5, 5.41) is 9.69. The highest BCUT2D eigenvalue weighted by molar-refractivity contribution is 9.10. The Balaban J connectivity index is 1.85. The molecule has 2 atom stereocenters. The van der Waals surface area contributed by atoms with Crippen molar-refractivity contribution in [3.63, 3.8) is 0 Å². The van der Waals surface area contributed by atoms with E-state index < -0.39 is 0 Å². The summed E-state index contributed by atoms with van der Waals surface area (Å²) in [6, 6.07) is 14.7. The second kappa shape index (κ2) is 6.10. The molecule has 4 nitrogen and oxygen atoms in total. The second-order valence-corrected chi connectivity index (χ2v) is 6.10. The lowest BCUT2D eigenvalue weighted by Gasteiger charge is -2.46. The fourth-order valence-electron chi connectivity index (χ4n) is 2.83. The van der Waals surface area contributed by atoms with Gasteiger partial charge in [0.1, 0.15) is 5.75 Å². The van der Waals surface area contributed by atoms with Crippen LogP contribution in [0.1, 0.15) is 11.5 Å². The Hall–Kier alpha value is -1.85. The van der Waals surface area contributed by atoms with E-state index >= 15 is 0 Å². The van der Waals surface area contributed by atoms with Crippen molar-refractivity contribution in [3.8, 4) is 5.75 Å². The van der Waals surface area contributed by atoms with Crippen molar-refractivity contribution < 1.29 is 14.6 Å². The molecule has 114 valence electrons. The van der Waals surface area contributed by atoms with E-state index in [1.54, 1.807) is 12.0 Å². The zero-order chi connectivity index (χ0) is 15.7. The van der Waals surface area contributed by atoms with E-state index in [0.717, 1.165) is 21.5 Å². The number of β-lactam (4-membered cyclic amide) rings is 1. The number of hydrogen-bond acceptors (Lipinski definition) is 3. The molecule has 0 radical (unpaired) electrons. The normalized spacial score (nSPS) is 20.7. The number of benzene rings is 2. The Morgan fingerprint density at radius 3 is 2.32 bits per heavy atom. The lowest BCUT2D eigenvalue weighted by atomic mass is 9.81. The molecule has 2 aromatic rings. The number of carbonyl (C=O) groups excluding carboxylic acids is 1. The first-order chi connectivity index (χ1) is 10.7. The number of carbonyl (C=O) groups is 1. The average Bonchev–Trinajstić information content (AvgIpc) is 2.55. The zero-order valence-electron chi connectivity index (χ0n) is 12.1. The van der Waals surface area contributed by atoms with Crippen molar-refractivity contribution in [2.45, 2.75) is 12.0 Å². The van der Waals surface area contributed by atoms with E-state index in [1.165, 1.54) is 0 Å². The minimum absolute atomic E-state index is 0.00605. The Morgan fingerprint density at radius 1 is 1.14 bits per heavy atom. The molecular formula is C17H16BrNO3. The SMILES string of the molecule is COc1ccc(N2C(=O)[C@H](c3ccc(Br)cc3)[C@@H]2CO)cc1. The number of halogens is 1. The summed E-state index contributed by atoms with van der Waals surface area (Å²) in [6.45, 7) is -0.0709. The van der Waals surface area contributed by atoms with Crippen LogP contribution in [-0.2, 0) is 4.79 Å². The van der Waals surface area contributed by atoms with Crippen LogP contribution in [0.5, 0.6) is 5.75 Å². The summed E-state index contributed by atoms with van der Waals surface area (Å²) in [7, 11) is 1.60. The van der Waals surface area contributed by atoms with Gasteiger partial charge in [-0.05, 0) is 42.0 Å². The molecular weight excluding hydrogens is 346 g/mol. The van der Waals surface area contributed by atoms with E-state index in [4.69, 9.17) is 4.74 Å². The lowest BCUT2D eigenvalue weighted by molar-refractivity contribution is -0.127. The topological polar surface area (TPSA) is 49.8 Å². The molecule has 1 amide bonds. The summed E-state index contributed by atoms with van der Waals surface area (Å²) in [4.78, 5) is 14.2. The van der Waals surface area contributed by atoms with Crippen LogP contribution in [0, 0.1) is 0 Å². The average molecular weight is 362 g/mol. The molecule has 0 spiro atoms. The number of aliphatic hydroxyl groups excluding tert-OH is 1. The van der Waals surface area contributed by atoms with Crippen LogP contribution in [0.4, 0.5) is 5.69 Å². The maximum absolute atomic E-state index is 12.5. The molecule has 5 heteroatoms. The molecule has 0 aliphatic carbocycles. The van der Waals surface area contributed by atoms with Crippen molar-refractivity contribution in [2.75, 3.05) is 18.6 Å². The fourth-order valence-corrected chi connectivity index (χ4v) is 3.09. The standard InChI is InChI=1S/C17H16BrNO3/c1-22-14-8-6-13(7-9-14)19-15(10-20)16(17(19)21)11-2-4-12(18)5-3-11/h2-9,15-16,20H,10H2,1H3/t15-,16+/m0/s1. The maximum atomic E-state index is 12.5. The summed E-state index contributed by atoms with van der Waals surface area (Å²) in [6.07, 6.45) is 0. The number of ether oxygens (including phenoxy) is 1. The summed E-state index contributed by atoms with van der Waals surface area (Å²) >= 11 is 3.39. The van der Waals surface area contributed by atoms with Crippen LogP contribution in [0.25, 0.3) is 0 Å². The third-order valence-corrected chi connectivity index (χ3v) is 4.52. The van der Waals surface area contributed by atoms with Gasteiger partial charge in [-0.3, -0.25) is 4.79 Å². The molecule has 0 aromatic heterocycles. The van der Waals surface area contributed by atoms with E-state index in [9.17, 15) is 9.90 Å². The summed E-state index contributed by atoms with van der Waals surface area (Å²) in [5.41, 5.74) is 1.70. The molecule has 0 unspecified atom stereocenters. The molecule has 22 heavy (non-hydrogen) atoms. The van der Waals surface area contributed by atoms with Crippen LogP contribution >= 0.6 is 15.9 Å². The van der Waals surface area contributed by atoms with Gasteiger partial charge >= 0.3 is 0 Å². The van der Waals surface area contributed by atoms with Gasteiger partial charge in [0.05, 0.1) is 25.7 Å². The molecule has 1 aliphatic heterocycles. The Labute approximate surface area is 137 Å². The third-order valence-electron chi connectivity index (χ3n) is 3.99. The predicted molar refractivity (Wildman–Crippen MR) is 88.2 cm³/mol. The first-order valence-electron chi connectivity index (χ1n) is 6.99. The predicted octanol–water partition coefficient (Wildman–Crippen LogP) is 2.95. The lowest BCUT2D eigenvalue weighted by Crippen LogP contribution is -2.61. The van der Waals surface area contributed by atoms with Gasteiger partial charge in [-0.25, -0.2) is 0 Å². The van der Waals surface area contributed by atoms with E-state index in [-0.39, 0.29) is 24.5 Å². The highest BCUT2D eigenvalue weighted by Gasteiger charge is 2.48. The van der Waals surface area contributed by atoms with Crippen LogP contribution in [0.3, 0.4) is 0 Å². The molecule has 1 N–H and O–H groups in total. The number of anilines is 1. The van der Waals surface area contributed by atoms with Gasteiger partial charge in [0.25, 0.3) is 0 Å². The largest absolute Gasteiger partial charge is 0.497 e. The number of nitrogens with zero attached hydrogens (tertiary/aromatic N) is 1. The van der Waals surface area contributed by atoms with Crippen molar-refractivity contribution in [3.05, 3.63) is 58.6 Å². The monoisotopic (exact) mass is 361 g/mol. The first-order valence-corrected chi connectivity index (χ1v) is 7.78. The Kier molecular flexibility index (Phi) is 4.18. The number of methoxy groups -OCH3 is 1. The highest BCUT2D eigenvalue weighted by Crippen LogP contribution is 2.39. The van der Waals surface area contributed by atoms with Crippen LogP contribution in [0.15, 0.2) is 53.0 Å². The van der Waals surface area contributed by atoms with Gasteiger partial charge in [-0.2, -0.15) is 0 Å². The van der Waals surface area contributed by atoms with Crippen molar-refractivity contribution >= 4 is 27.5 Å². The highest BCUT2D eigenvalue weighted by atomic mass is 79.9. The van der Waals surface area contributed by atoms with Gasteiger partial charge in [0.15, 0.2) is 0 Å². The minimum Gasteiger partial charge on any atom is -0.497 e. The van der Waals surface area contributed by atoms with Gasteiger partial charge in [-0.1, -0.05) is 28.1 Å². The van der Waals surface area contributed by atoms with Gasteiger partial charge in [-0.15, -0.1) is 0 Å². The fraction of sp³-hybridized carbons (Fsp3) is 0.235. The number of amides is 1. The number of rotatable bonds is 4. The van der Waals surface area contributed by atoms with Crippen LogP contribution in [0.2, 0.25) is 0 Å². The Bertz CT molecular complexity index is 669. The quantitative estimate of drug-likeness (QED) is 0.851. The summed E-state index contributed by atoms with van der Waals surface area (Å²) < 4.78 is 6.09. The summed E-state index contributed by atoms with van der Waals surface area (Å²) in [5.74, 6) is 0.452. The van der Waals surface area contributed by atoms with Gasteiger partial charge < -0.3 is 14.7 Å². The molecule has 0 bridgehead atoms. The van der Waals surface area contributed by atoms with Gasteiger partial charge in [0.2, 0.25) is 5.91 Å². The van der Waals surface area contributed by atoms with E-state index in [1.807, 2.05) is 48.5 Å². The molecule has 1 aliphatic rings. The number of aliphatic hydroxyl groups is 1. The molecule has 3 rings (SSSR count). The van der Waals surface area contributed by atoms with Gasteiger partial charge in [0, 0.05) is 10.2 Å². The van der Waals surface area contributed by atoms with Crippen molar-refractivity contribution in [2.24, 2.45) is 0 Å². The number of hydrogen-bond donors (Lipinski definition) is 1. The van der Waals surface area contributed by atoms with Crippen LogP contribution in [-0.4, -0.2) is 30.8 Å². The first kappa shape index (κ1) is 15.1.